The third kappa shape index (κ3) is 2.96. The molecule has 0 radical (unpaired) electrons. The van der Waals surface area contributed by atoms with Gasteiger partial charge in [0.05, 0.1) is 19.1 Å². The van der Waals surface area contributed by atoms with Crippen LogP contribution in [-0.4, -0.2) is 60.4 Å². The fourth-order valence-electron chi connectivity index (χ4n) is 3.24. The van der Waals surface area contributed by atoms with Gasteiger partial charge >= 0.3 is 0 Å². The fourth-order valence-corrected chi connectivity index (χ4v) is 4.29. The van der Waals surface area contributed by atoms with Gasteiger partial charge in [-0.15, -0.1) is 10.2 Å². The number of nitrogens with zero attached hydrogens (tertiary/aromatic N) is 4. The van der Waals surface area contributed by atoms with E-state index in [1.807, 2.05) is 4.90 Å². The van der Waals surface area contributed by atoms with Crippen LogP contribution in [0.1, 0.15) is 36.6 Å². The molecule has 0 spiro atoms. The van der Waals surface area contributed by atoms with Gasteiger partial charge in [-0.25, -0.2) is 0 Å². The normalized spacial score (nSPS) is 26.3. The van der Waals surface area contributed by atoms with E-state index in [9.17, 15) is 4.79 Å². The van der Waals surface area contributed by atoms with Gasteiger partial charge in [0.15, 0.2) is 0 Å². The number of aromatic nitrogens is 2. The Morgan fingerprint density at radius 3 is 2.73 bits per heavy atom. The molecule has 22 heavy (non-hydrogen) atoms. The Balaban J connectivity index is 1.40. The van der Waals surface area contributed by atoms with Crippen LogP contribution in [-0.2, 0) is 9.53 Å². The van der Waals surface area contributed by atoms with Crippen LogP contribution in [0.3, 0.4) is 0 Å². The van der Waals surface area contributed by atoms with Gasteiger partial charge in [-0.1, -0.05) is 11.3 Å². The first-order chi connectivity index (χ1) is 10.8. The van der Waals surface area contributed by atoms with Gasteiger partial charge in [0.2, 0.25) is 11.0 Å². The summed E-state index contributed by atoms with van der Waals surface area (Å²) >= 11 is 1.72. The van der Waals surface area contributed by atoms with E-state index in [4.69, 9.17) is 4.74 Å². The number of hydrogen-bond acceptors (Lipinski definition) is 6. The molecule has 120 valence electrons. The first kappa shape index (κ1) is 14.4. The molecule has 0 N–H and O–H groups in total. The summed E-state index contributed by atoms with van der Waals surface area (Å²) in [5.41, 5.74) is 0. The van der Waals surface area contributed by atoms with Crippen LogP contribution in [0, 0.1) is 5.92 Å². The molecule has 1 unspecified atom stereocenters. The van der Waals surface area contributed by atoms with Crippen molar-refractivity contribution in [2.24, 2.45) is 5.92 Å². The van der Waals surface area contributed by atoms with E-state index in [-0.39, 0.29) is 5.92 Å². The van der Waals surface area contributed by atoms with E-state index in [1.165, 1.54) is 17.8 Å². The van der Waals surface area contributed by atoms with Crippen LogP contribution in [0.5, 0.6) is 0 Å². The van der Waals surface area contributed by atoms with Crippen LogP contribution < -0.4 is 4.90 Å². The Kier molecular flexibility index (Phi) is 4.00. The highest BCUT2D eigenvalue weighted by Gasteiger charge is 2.33. The molecule has 3 fully saturated rings. The molecule has 1 aromatic rings. The predicted octanol–water partition coefficient (Wildman–Crippen LogP) is 1.49. The largest absolute Gasteiger partial charge is 0.378 e. The summed E-state index contributed by atoms with van der Waals surface area (Å²) in [6.07, 6.45) is 4.56. The smallest absolute Gasteiger partial charge is 0.227 e. The molecule has 1 atom stereocenters. The van der Waals surface area contributed by atoms with E-state index in [1.54, 1.807) is 11.3 Å². The zero-order valence-electron chi connectivity index (χ0n) is 12.7. The molecule has 3 aliphatic rings. The topological polar surface area (TPSA) is 58.6 Å². The van der Waals surface area contributed by atoms with Crippen molar-refractivity contribution in [2.45, 2.75) is 31.6 Å². The Hall–Kier alpha value is -1.21. The van der Waals surface area contributed by atoms with Crippen LogP contribution in [0.2, 0.25) is 0 Å². The average molecular weight is 322 g/mol. The minimum absolute atomic E-state index is 0.0973. The van der Waals surface area contributed by atoms with Gasteiger partial charge in [-0.05, 0) is 25.7 Å². The monoisotopic (exact) mass is 322 g/mol. The maximum absolute atomic E-state index is 12.7. The standard InChI is InChI=1S/C15H22N4O2S/c20-14(18-6-8-21-9-7-18)12-2-1-5-19(10-12)15-17-16-13(22-15)11-3-4-11/h11-12H,1-10H2. The number of anilines is 1. The first-order valence-electron chi connectivity index (χ1n) is 8.26. The number of morpholine rings is 1. The number of carbonyl (C=O) groups is 1. The summed E-state index contributed by atoms with van der Waals surface area (Å²) in [4.78, 5) is 16.9. The van der Waals surface area contributed by atoms with Crippen molar-refractivity contribution in [3.8, 4) is 0 Å². The van der Waals surface area contributed by atoms with Crippen LogP contribution in [0.15, 0.2) is 0 Å². The third-order valence-electron chi connectivity index (χ3n) is 4.72. The van der Waals surface area contributed by atoms with Gasteiger partial charge in [-0.3, -0.25) is 4.79 Å². The molecule has 2 saturated heterocycles. The van der Waals surface area contributed by atoms with Crippen LogP contribution in [0.25, 0.3) is 0 Å². The minimum Gasteiger partial charge on any atom is -0.378 e. The second kappa shape index (κ2) is 6.12. The quantitative estimate of drug-likeness (QED) is 0.844. The lowest BCUT2D eigenvalue weighted by Crippen LogP contribution is -2.48. The van der Waals surface area contributed by atoms with Crippen molar-refractivity contribution in [1.82, 2.24) is 15.1 Å². The molecule has 3 heterocycles. The van der Waals surface area contributed by atoms with E-state index < -0.39 is 0 Å². The van der Waals surface area contributed by atoms with Gasteiger partial charge < -0.3 is 14.5 Å². The number of hydrogen-bond donors (Lipinski definition) is 0. The molecule has 4 rings (SSSR count). The van der Waals surface area contributed by atoms with Crippen LogP contribution in [0.4, 0.5) is 5.13 Å². The Morgan fingerprint density at radius 1 is 1.14 bits per heavy atom. The molecule has 6 nitrogen and oxygen atoms in total. The van der Waals surface area contributed by atoms with E-state index in [2.05, 4.69) is 15.1 Å². The van der Waals surface area contributed by atoms with Crippen molar-refractivity contribution in [3.63, 3.8) is 0 Å². The number of amides is 1. The van der Waals surface area contributed by atoms with Gasteiger partial charge in [-0.2, -0.15) is 0 Å². The molecule has 1 aliphatic carbocycles. The van der Waals surface area contributed by atoms with E-state index in [0.29, 0.717) is 25.0 Å². The second-order valence-corrected chi connectivity index (χ2v) is 7.41. The maximum atomic E-state index is 12.7. The minimum atomic E-state index is 0.0973. The molecule has 1 amide bonds. The van der Waals surface area contributed by atoms with Gasteiger partial charge in [0.1, 0.15) is 5.01 Å². The summed E-state index contributed by atoms with van der Waals surface area (Å²) in [5.74, 6) is 1.04. The highest BCUT2D eigenvalue weighted by atomic mass is 32.1. The van der Waals surface area contributed by atoms with Gasteiger partial charge in [0, 0.05) is 32.1 Å². The molecule has 0 bridgehead atoms. The second-order valence-electron chi connectivity index (χ2n) is 6.42. The number of ether oxygens (including phenoxy) is 1. The third-order valence-corrected chi connectivity index (χ3v) is 5.87. The molecule has 1 saturated carbocycles. The summed E-state index contributed by atoms with van der Waals surface area (Å²) in [7, 11) is 0. The maximum Gasteiger partial charge on any atom is 0.227 e. The zero-order valence-corrected chi connectivity index (χ0v) is 13.6. The Morgan fingerprint density at radius 2 is 1.95 bits per heavy atom. The summed E-state index contributed by atoms with van der Waals surface area (Å²) in [6.45, 7) is 4.59. The van der Waals surface area contributed by atoms with Crippen molar-refractivity contribution in [1.29, 1.82) is 0 Å². The lowest BCUT2D eigenvalue weighted by atomic mass is 9.96. The average Bonchev–Trinajstić information content (AvgIpc) is 3.32. The lowest BCUT2D eigenvalue weighted by molar-refractivity contribution is -0.139. The first-order valence-corrected chi connectivity index (χ1v) is 9.08. The van der Waals surface area contributed by atoms with E-state index >= 15 is 0 Å². The Labute approximate surface area is 134 Å². The van der Waals surface area contributed by atoms with Crippen molar-refractivity contribution >= 4 is 22.4 Å². The Bertz CT molecular complexity index is 539. The molecular weight excluding hydrogens is 300 g/mol. The molecule has 1 aromatic heterocycles. The van der Waals surface area contributed by atoms with Crippen molar-refractivity contribution in [3.05, 3.63) is 5.01 Å². The molecule has 7 heteroatoms. The molecule has 0 aromatic carbocycles. The highest BCUT2D eigenvalue weighted by molar-refractivity contribution is 7.15. The number of piperidine rings is 1. The fraction of sp³-hybridized carbons (Fsp3) is 0.800. The number of carbonyl (C=O) groups excluding carboxylic acids is 1. The highest BCUT2D eigenvalue weighted by Crippen LogP contribution is 2.43. The number of rotatable bonds is 3. The molecule has 2 aliphatic heterocycles. The van der Waals surface area contributed by atoms with E-state index in [0.717, 1.165) is 44.2 Å². The molecular formula is C15H22N4O2S. The summed E-state index contributed by atoms with van der Waals surface area (Å²) < 4.78 is 5.34. The van der Waals surface area contributed by atoms with Gasteiger partial charge in [0.25, 0.3) is 0 Å². The van der Waals surface area contributed by atoms with Crippen molar-refractivity contribution in [2.75, 3.05) is 44.3 Å². The summed E-state index contributed by atoms with van der Waals surface area (Å²) in [6, 6.07) is 0. The SMILES string of the molecule is O=C(C1CCCN(c2nnc(C3CC3)s2)C1)N1CCOCC1. The summed E-state index contributed by atoms with van der Waals surface area (Å²) in [5, 5.41) is 10.9. The van der Waals surface area contributed by atoms with Crippen molar-refractivity contribution < 1.29 is 9.53 Å². The predicted molar refractivity (Wildman–Crippen MR) is 84.2 cm³/mol. The lowest BCUT2D eigenvalue weighted by Gasteiger charge is -2.35. The zero-order chi connectivity index (χ0) is 14.9. The van der Waals surface area contributed by atoms with Crippen LogP contribution >= 0.6 is 11.3 Å².